The topological polar surface area (TPSA) is 50.4 Å². The Balaban J connectivity index is 2.19. The van der Waals surface area contributed by atoms with Crippen molar-refractivity contribution in [3.05, 3.63) is 50.0 Å². The van der Waals surface area contributed by atoms with E-state index in [0.717, 1.165) is 21.9 Å². The highest BCUT2D eigenvalue weighted by atomic mass is 35.5. The van der Waals surface area contributed by atoms with Gasteiger partial charge in [-0.2, -0.15) is 13.2 Å². The average molecular weight is 420 g/mol. The number of nitrogens with two attached hydrogens (primary N) is 1. The van der Waals surface area contributed by atoms with Gasteiger partial charge in [0, 0.05) is 20.8 Å². The predicted octanol–water partition coefficient (Wildman–Crippen LogP) is 3.87. The molecule has 0 saturated carbocycles. The first kappa shape index (κ1) is 20.7. The summed E-state index contributed by atoms with van der Waals surface area (Å²) in [5.41, 5.74) is 6.32. The molecule has 0 amide bonds. The molecule has 2 rings (SSSR count). The van der Waals surface area contributed by atoms with Crippen molar-refractivity contribution in [3.63, 3.8) is 0 Å². The molecule has 0 saturated heterocycles. The molecule has 0 aliphatic carbocycles. The second-order valence-electron chi connectivity index (χ2n) is 5.35. The second kappa shape index (κ2) is 8.83. The Morgan fingerprint density at radius 3 is 2.58 bits per heavy atom. The van der Waals surface area contributed by atoms with Crippen molar-refractivity contribution in [2.45, 2.75) is 24.0 Å². The molecule has 0 fully saturated rings. The average Bonchev–Trinajstić information content (AvgIpc) is 2.91. The molecule has 1 atom stereocenters. The van der Waals surface area contributed by atoms with Crippen molar-refractivity contribution in [1.82, 2.24) is 5.32 Å². The van der Waals surface area contributed by atoms with Crippen molar-refractivity contribution >= 4 is 53.4 Å². The van der Waals surface area contributed by atoms with Crippen LogP contribution in [0.1, 0.15) is 18.5 Å². The molecule has 0 aliphatic heterocycles. The Kier molecular flexibility index (Phi) is 7.02. The molecule has 1 aromatic heterocycles. The quantitative estimate of drug-likeness (QED) is 0.424. The van der Waals surface area contributed by atoms with E-state index in [4.69, 9.17) is 17.3 Å². The zero-order chi connectivity index (χ0) is 19.3. The highest BCUT2D eigenvalue weighted by Crippen LogP contribution is 2.28. The van der Waals surface area contributed by atoms with E-state index in [-0.39, 0.29) is 6.04 Å². The molecular weight excluding hydrogens is 403 g/mol. The number of alkyl halides is 3. The van der Waals surface area contributed by atoms with Gasteiger partial charge in [0.05, 0.1) is 22.3 Å². The summed E-state index contributed by atoms with van der Waals surface area (Å²) in [7, 11) is 0. The summed E-state index contributed by atoms with van der Waals surface area (Å²) >= 11 is 8.36. The van der Waals surface area contributed by atoms with E-state index in [0.29, 0.717) is 21.0 Å². The van der Waals surface area contributed by atoms with Crippen LogP contribution in [-0.2, 0) is 0 Å². The highest BCUT2D eigenvalue weighted by molar-refractivity contribution is 7.99. The Morgan fingerprint density at radius 1 is 1.42 bits per heavy atom. The summed E-state index contributed by atoms with van der Waals surface area (Å²) < 4.78 is 37.6. The van der Waals surface area contributed by atoms with E-state index in [9.17, 15) is 13.2 Å². The van der Waals surface area contributed by atoms with Crippen molar-refractivity contribution < 1.29 is 13.2 Å². The van der Waals surface area contributed by atoms with Crippen LogP contribution in [0, 0.1) is 0 Å². The third-order valence-electron chi connectivity index (χ3n) is 3.40. The van der Waals surface area contributed by atoms with Gasteiger partial charge in [-0.25, -0.2) is 4.99 Å². The Bertz CT molecular complexity index is 876. The molecule has 3 N–H and O–H groups in total. The lowest BCUT2D eigenvalue weighted by molar-refractivity contribution is -0.105. The minimum absolute atomic E-state index is 0.161. The van der Waals surface area contributed by atoms with Gasteiger partial charge in [0.25, 0.3) is 0 Å². The fraction of sp³-hybridized carbons (Fsp3) is 0.235. The monoisotopic (exact) mass is 419 g/mol. The molecule has 1 heterocycles. The summed E-state index contributed by atoms with van der Waals surface area (Å²) in [6.45, 7) is 5.85. The Hall–Kier alpha value is -1.64. The van der Waals surface area contributed by atoms with Crippen molar-refractivity contribution in [3.8, 4) is 0 Å². The number of rotatable bonds is 6. The van der Waals surface area contributed by atoms with E-state index < -0.39 is 11.9 Å². The maximum atomic E-state index is 12.3. The molecule has 3 nitrogen and oxygen atoms in total. The van der Waals surface area contributed by atoms with Gasteiger partial charge >= 0.3 is 6.18 Å². The summed E-state index contributed by atoms with van der Waals surface area (Å²) in [5, 5.41) is 6.21. The van der Waals surface area contributed by atoms with Gasteiger partial charge < -0.3 is 11.1 Å². The highest BCUT2D eigenvalue weighted by Gasteiger charge is 2.27. The largest absolute Gasteiger partial charge is 0.398 e. The van der Waals surface area contributed by atoms with Crippen LogP contribution in [-0.4, -0.2) is 18.3 Å². The molecule has 0 bridgehead atoms. The van der Waals surface area contributed by atoms with E-state index >= 15 is 0 Å². The number of aliphatic imine (C=N–C) groups is 1. The fourth-order valence-corrected chi connectivity index (χ4v) is 3.91. The number of hydrogen-bond donors (Lipinski definition) is 2. The number of thiophene rings is 1. The molecule has 9 heteroatoms. The number of halogens is 4. The zero-order valence-corrected chi connectivity index (χ0v) is 16.2. The minimum atomic E-state index is -4.19. The molecule has 0 spiro atoms. The van der Waals surface area contributed by atoms with Crippen LogP contribution in [0.15, 0.2) is 39.5 Å². The molecule has 0 radical (unpaired) electrons. The van der Waals surface area contributed by atoms with Gasteiger partial charge in [0.1, 0.15) is 5.82 Å². The van der Waals surface area contributed by atoms with Crippen LogP contribution in [0.5, 0.6) is 0 Å². The van der Waals surface area contributed by atoms with Gasteiger partial charge in [0.15, 0.2) is 0 Å². The summed E-state index contributed by atoms with van der Waals surface area (Å²) in [6.07, 6.45) is -3.02. The van der Waals surface area contributed by atoms with Crippen LogP contribution < -0.4 is 20.8 Å². The number of nitrogens with one attached hydrogen (secondary N) is 1. The third kappa shape index (κ3) is 5.69. The summed E-state index contributed by atoms with van der Waals surface area (Å²) in [6, 6.07) is 6.73. The number of hydrogen-bond acceptors (Lipinski definition) is 4. The van der Waals surface area contributed by atoms with Crippen LogP contribution in [0.3, 0.4) is 0 Å². The fourth-order valence-electron chi connectivity index (χ4n) is 2.17. The van der Waals surface area contributed by atoms with E-state index in [1.54, 1.807) is 29.6 Å². The Labute approximate surface area is 162 Å². The molecule has 2 aromatic rings. The standard InChI is InChI=1S/C17H17ClF3N3S2/c1-10(12-3-5-13(6-4-12)26-8-17(19,20)21)24-16(23-9-22)15-11(2)25-7-14(15)18/h3-7,9-10,24H,2,8H2,1H3,(H2,22,23)/b16-15-. The lowest BCUT2D eigenvalue weighted by atomic mass is 10.1. The van der Waals surface area contributed by atoms with Crippen LogP contribution >= 0.6 is 34.7 Å². The zero-order valence-electron chi connectivity index (χ0n) is 13.8. The van der Waals surface area contributed by atoms with Gasteiger partial charge in [-0.15, -0.1) is 23.1 Å². The smallest absolute Gasteiger partial charge is 0.390 e. The first-order chi connectivity index (χ1) is 12.2. The predicted molar refractivity (Wildman–Crippen MR) is 105 cm³/mol. The van der Waals surface area contributed by atoms with Gasteiger partial charge in [-0.1, -0.05) is 30.3 Å². The third-order valence-corrected chi connectivity index (χ3v) is 5.75. The first-order valence-electron chi connectivity index (χ1n) is 7.48. The lowest BCUT2D eigenvalue weighted by Crippen LogP contribution is -2.29. The second-order valence-corrected chi connectivity index (χ2v) is 7.77. The normalized spacial score (nSPS) is 14.5. The van der Waals surface area contributed by atoms with E-state index in [1.807, 2.05) is 6.92 Å². The van der Waals surface area contributed by atoms with Crippen LogP contribution in [0.25, 0.3) is 12.4 Å². The summed E-state index contributed by atoms with van der Waals surface area (Å²) in [4.78, 5) is 4.70. The van der Waals surface area contributed by atoms with Crippen LogP contribution in [0.4, 0.5) is 13.2 Å². The van der Waals surface area contributed by atoms with Crippen molar-refractivity contribution in [2.75, 3.05) is 5.75 Å². The molecule has 0 aliphatic rings. The molecule has 1 unspecified atom stereocenters. The van der Waals surface area contributed by atoms with E-state index in [1.165, 1.54) is 17.7 Å². The summed E-state index contributed by atoms with van der Waals surface area (Å²) in [5.74, 6) is -0.418. The number of thioether (sulfide) groups is 1. The van der Waals surface area contributed by atoms with Crippen LogP contribution in [0.2, 0.25) is 5.02 Å². The Morgan fingerprint density at radius 2 is 2.08 bits per heavy atom. The molecular formula is C17H17ClF3N3S2. The number of nitrogens with zero attached hydrogens (tertiary/aromatic N) is 1. The SMILES string of the molecule is C=c1scc(Cl)/c1=C(/N=CN)NC(C)c1ccc(SCC(F)(F)F)cc1. The maximum Gasteiger partial charge on any atom is 0.398 e. The lowest BCUT2D eigenvalue weighted by Gasteiger charge is -2.16. The number of benzene rings is 1. The van der Waals surface area contributed by atoms with Crippen molar-refractivity contribution in [1.29, 1.82) is 0 Å². The maximum absolute atomic E-state index is 12.3. The van der Waals surface area contributed by atoms with E-state index in [2.05, 4.69) is 16.9 Å². The minimum Gasteiger partial charge on any atom is -0.390 e. The molecule has 1 aromatic carbocycles. The van der Waals surface area contributed by atoms with Gasteiger partial charge in [-0.3, -0.25) is 0 Å². The van der Waals surface area contributed by atoms with Gasteiger partial charge in [-0.05, 0) is 24.6 Å². The molecule has 26 heavy (non-hydrogen) atoms. The molecule has 140 valence electrons. The van der Waals surface area contributed by atoms with Crippen molar-refractivity contribution in [2.24, 2.45) is 10.7 Å². The first-order valence-corrected chi connectivity index (χ1v) is 9.72. The van der Waals surface area contributed by atoms with Gasteiger partial charge in [0.2, 0.25) is 0 Å².